The van der Waals surface area contributed by atoms with Crippen LogP contribution >= 0.6 is 0 Å². The van der Waals surface area contributed by atoms with Gasteiger partial charge in [0.05, 0.1) is 6.10 Å². The summed E-state index contributed by atoms with van der Waals surface area (Å²) in [5.74, 6) is -0.236. The number of hydrogen-bond donors (Lipinski definition) is 1. The van der Waals surface area contributed by atoms with Crippen LogP contribution < -0.4 is 4.74 Å². The number of aliphatic hydroxyl groups is 1. The van der Waals surface area contributed by atoms with E-state index in [1.165, 1.54) is 18.2 Å². The number of hydrogen-bond acceptors (Lipinski definition) is 2. The van der Waals surface area contributed by atoms with E-state index in [1.807, 2.05) is 0 Å². The molecule has 1 aliphatic carbocycles. The van der Waals surface area contributed by atoms with Gasteiger partial charge in [0.15, 0.2) is 0 Å². The molecule has 2 nitrogen and oxygen atoms in total. The smallest absolute Gasteiger partial charge is 0.406 e. The van der Waals surface area contributed by atoms with E-state index in [1.54, 1.807) is 6.07 Å². The first-order valence-electron chi connectivity index (χ1n) is 7.23. The maximum Gasteiger partial charge on any atom is 0.573 e. The molecule has 2 unspecified atom stereocenters. The van der Waals surface area contributed by atoms with Crippen LogP contribution in [0.3, 0.4) is 0 Å². The number of benzene rings is 1. The zero-order chi connectivity index (χ0) is 15.7. The molecule has 5 heteroatoms. The fraction of sp³-hybridized carbons (Fsp3) is 0.625. The second kappa shape index (κ2) is 5.87. The number of alkyl halides is 3. The lowest BCUT2D eigenvalue weighted by atomic mass is 9.65. The lowest BCUT2D eigenvalue weighted by molar-refractivity contribution is -0.274. The molecule has 118 valence electrons. The maximum absolute atomic E-state index is 12.3. The average Bonchev–Trinajstić information content (AvgIpc) is 2.36. The van der Waals surface area contributed by atoms with Crippen LogP contribution in [0.25, 0.3) is 0 Å². The van der Waals surface area contributed by atoms with E-state index in [-0.39, 0.29) is 17.1 Å². The van der Waals surface area contributed by atoms with Gasteiger partial charge in [0, 0.05) is 0 Å². The van der Waals surface area contributed by atoms with Gasteiger partial charge in [-0.2, -0.15) is 0 Å². The minimum Gasteiger partial charge on any atom is -0.406 e. The molecule has 0 aliphatic heterocycles. The largest absolute Gasteiger partial charge is 0.573 e. The summed E-state index contributed by atoms with van der Waals surface area (Å²) < 4.78 is 40.7. The highest BCUT2D eigenvalue weighted by molar-refractivity contribution is 5.30. The summed E-state index contributed by atoms with van der Waals surface area (Å²) in [4.78, 5) is 0. The summed E-state index contributed by atoms with van der Waals surface area (Å²) in [6, 6.07) is 5.66. The van der Waals surface area contributed by atoms with E-state index in [2.05, 4.69) is 18.6 Å². The van der Waals surface area contributed by atoms with Crippen molar-refractivity contribution in [2.24, 2.45) is 11.3 Å². The summed E-state index contributed by atoms with van der Waals surface area (Å²) in [6.45, 7) is 4.21. The first-order valence-corrected chi connectivity index (χ1v) is 7.23. The minimum atomic E-state index is -4.71. The van der Waals surface area contributed by atoms with Crippen LogP contribution in [0.2, 0.25) is 0 Å². The molecule has 0 amide bonds. The van der Waals surface area contributed by atoms with Crippen LogP contribution in [0.1, 0.15) is 51.2 Å². The molecule has 0 radical (unpaired) electrons. The highest BCUT2D eigenvalue weighted by atomic mass is 19.4. The normalized spacial score (nSPS) is 23.6. The quantitative estimate of drug-likeness (QED) is 0.866. The Morgan fingerprint density at radius 1 is 1.29 bits per heavy atom. The minimum absolute atomic E-state index is 0.0153. The topological polar surface area (TPSA) is 29.5 Å². The van der Waals surface area contributed by atoms with Gasteiger partial charge in [-0.05, 0) is 41.9 Å². The monoisotopic (exact) mass is 302 g/mol. The van der Waals surface area contributed by atoms with E-state index in [9.17, 15) is 18.3 Å². The molecule has 21 heavy (non-hydrogen) atoms. The van der Waals surface area contributed by atoms with Crippen LogP contribution in [0.15, 0.2) is 24.3 Å². The highest BCUT2D eigenvalue weighted by Crippen LogP contribution is 2.47. The fourth-order valence-corrected chi connectivity index (χ4v) is 3.23. The Kier molecular flexibility index (Phi) is 4.51. The Hall–Kier alpha value is -1.23. The molecule has 0 spiro atoms. The molecule has 1 fully saturated rings. The van der Waals surface area contributed by atoms with Gasteiger partial charge in [0.2, 0.25) is 0 Å². The molecule has 2 atom stereocenters. The zero-order valence-electron chi connectivity index (χ0n) is 12.3. The van der Waals surface area contributed by atoms with Crippen molar-refractivity contribution in [3.8, 4) is 5.75 Å². The van der Waals surface area contributed by atoms with Gasteiger partial charge in [-0.1, -0.05) is 38.8 Å². The zero-order valence-corrected chi connectivity index (χ0v) is 12.3. The Bertz CT molecular complexity index is 483. The van der Waals surface area contributed by atoms with Crippen LogP contribution in [0, 0.1) is 11.3 Å². The van der Waals surface area contributed by atoms with Gasteiger partial charge in [0.25, 0.3) is 0 Å². The molecule has 1 saturated carbocycles. The Balaban J connectivity index is 2.19. The van der Waals surface area contributed by atoms with E-state index >= 15 is 0 Å². The van der Waals surface area contributed by atoms with Crippen molar-refractivity contribution in [1.29, 1.82) is 0 Å². The summed E-state index contributed by atoms with van der Waals surface area (Å²) in [6.07, 6.45) is -1.39. The van der Waals surface area contributed by atoms with Gasteiger partial charge >= 0.3 is 6.36 Å². The van der Waals surface area contributed by atoms with Gasteiger partial charge in [-0.25, -0.2) is 0 Å². The van der Waals surface area contributed by atoms with Crippen molar-refractivity contribution in [2.45, 2.75) is 52.0 Å². The Morgan fingerprint density at radius 2 is 2.00 bits per heavy atom. The molecule has 1 aromatic rings. The van der Waals surface area contributed by atoms with E-state index in [4.69, 9.17) is 0 Å². The van der Waals surface area contributed by atoms with E-state index < -0.39 is 12.5 Å². The molecule has 0 saturated heterocycles. The Morgan fingerprint density at radius 3 is 2.62 bits per heavy atom. The van der Waals surface area contributed by atoms with Crippen molar-refractivity contribution in [3.05, 3.63) is 29.8 Å². The third-order valence-corrected chi connectivity index (χ3v) is 4.40. The summed E-state index contributed by atoms with van der Waals surface area (Å²) in [5, 5.41) is 10.6. The van der Waals surface area contributed by atoms with E-state index in [0.29, 0.717) is 5.56 Å². The molecular formula is C16H21F3O2. The summed E-state index contributed by atoms with van der Waals surface area (Å²) in [7, 11) is 0. The van der Waals surface area contributed by atoms with Gasteiger partial charge in [0.1, 0.15) is 5.75 Å². The van der Waals surface area contributed by atoms with E-state index in [0.717, 1.165) is 25.7 Å². The van der Waals surface area contributed by atoms with Gasteiger partial charge in [-0.3, -0.25) is 0 Å². The maximum atomic E-state index is 12.3. The van der Waals surface area contributed by atoms with Crippen LogP contribution in [-0.2, 0) is 0 Å². The molecule has 0 aromatic heterocycles. The molecule has 0 bridgehead atoms. The first kappa shape index (κ1) is 16.1. The number of ether oxygens (including phenoxy) is 1. The number of aliphatic hydroxyl groups excluding tert-OH is 1. The van der Waals surface area contributed by atoms with Gasteiger partial charge in [-0.15, -0.1) is 13.2 Å². The van der Waals surface area contributed by atoms with Crippen LogP contribution in [0.5, 0.6) is 5.75 Å². The van der Waals surface area contributed by atoms with Crippen LogP contribution in [0.4, 0.5) is 13.2 Å². The molecule has 1 aromatic carbocycles. The predicted molar refractivity (Wildman–Crippen MR) is 73.8 cm³/mol. The molecular weight excluding hydrogens is 281 g/mol. The SMILES string of the molecule is CC1(C)CCCCC1C(O)c1cccc(OC(F)(F)F)c1. The van der Waals surface area contributed by atoms with Crippen LogP contribution in [-0.4, -0.2) is 11.5 Å². The second-order valence-corrected chi connectivity index (χ2v) is 6.41. The Labute approximate surface area is 122 Å². The molecule has 0 heterocycles. The molecule has 2 rings (SSSR count). The molecule has 1 N–H and O–H groups in total. The third-order valence-electron chi connectivity index (χ3n) is 4.40. The molecule has 1 aliphatic rings. The average molecular weight is 302 g/mol. The second-order valence-electron chi connectivity index (χ2n) is 6.41. The highest BCUT2D eigenvalue weighted by Gasteiger charge is 2.38. The summed E-state index contributed by atoms with van der Waals surface area (Å²) >= 11 is 0. The van der Waals surface area contributed by atoms with Crippen molar-refractivity contribution >= 4 is 0 Å². The van der Waals surface area contributed by atoms with Crippen molar-refractivity contribution in [2.75, 3.05) is 0 Å². The third kappa shape index (κ3) is 4.13. The lowest BCUT2D eigenvalue weighted by Crippen LogP contribution is -2.32. The lowest BCUT2D eigenvalue weighted by Gasteiger charge is -2.41. The standard InChI is InChI=1S/C16H21F3O2/c1-15(2)9-4-3-8-13(15)14(20)11-6-5-7-12(10-11)21-16(17,18)19/h5-7,10,13-14,20H,3-4,8-9H2,1-2H3. The van der Waals surface area contributed by atoms with Crippen molar-refractivity contribution in [3.63, 3.8) is 0 Å². The van der Waals surface area contributed by atoms with Gasteiger partial charge < -0.3 is 9.84 Å². The van der Waals surface area contributed by atoms with Crippen molar-refractivity contribution in [1.82, 2.24) is 0 Å². The number of halogens is 3. The van der Waals surface area contributed by atoms with Crippen molar-refractivity contribution < 1.29 is 23.0 Å². The first-order chi connectivity index (χ1) is 9.69. The predicted octanol–water partition coefficient (Wildman–Crippen LogP) is 4.84. The summed E-state index contributed by atoms with van der Waals surface area (Å²) in [5.41, 5.74) is 0.468. The number of rotatable bonds is 3. The fourth-order valence-electron chi connectivity index (χ4n) is 3.23.